The number of carbonyl (C=O) groups is 1. The van der Waals surface area contributed by atoms with E-state index in [1.54, 1.807) is 15.5 Å². The van der Waals surface area contributed by atoms with E-state index in [0.717, 1.165) is 11.9 Å². The van der Waals surface area contributed by atoms with Gasteiger partial charge in [-0.3, -0.25) is 4.79 Å². The van der Waals surface area contributed by atoms with E-state index in [-0.39, 0.29) is 18.2 Å². The van der Waals surface area contributed by atoms with Gasteiger partial charge in [0.05, 0.1) is 11.1 Å². The van der Waals surface area contributed by atoms with E-state index < -0.39 is 17.2 Å². The molecule has 3 aliphatic rings. The Morgan fingerprint density at radius 3 is 2.59 bits per heavy atom. The van der Waals surface area contributed by atoms with Gasteiger partial charge in [-0.25, -0.2) is 13.8 Å². The van der Waals surface area contributed by atoms with E-state index in [1.807, 2.05) is 6.07 Å². The van der Waals surface area contributed by atoms with Gasteiger partial charge in [0.1, 0.15) is 30.0 Å². The van der Waals surface area contributed by atoms with Gasteiger partial charge >= 0.3 is 0 Å². The minimum atomic E-state index is -0.903. The first kappa shape index (κ1) is 19.9. The molecule has 5 heterocycles. The van der Waals surface area contributed by atoms with Crippen LogP contribution in [0.4, 0.5) is 14.6 Å². The van der Waals surface area contributed by atoms with Gasteiger partial charge in [0.2, 0.25) is 0 Å². The molecule has 7 nitrogen and oxygen atoms in total. The predicted molar refractivity (Wildman–Crippen MR) is 112 cm³/mol. The molecule has 2 atom stereocenters. The minimum Gasteiger partial charge on any atom is -0.356 e. The number of aromatic nitrogens is 3. The maximum Gasteiger partial charge on any atom is 0.257 e. The standard InChI is InChI=1S/C22H20ClF2N5O2/c23-16-1-3-18(30-20(16)26-12-27-30)28-7-5-22(6-8-28)21(31)29-17(2-4-19(29)32-22)13-9-14(24)11-15(25)10-13/h1,3,9-12,17,19H,2,4-8H2. The Morgan fingerprint density at radius 2 is 1.84 bits per heavy atom. The van der Waals surface area contributed by atoms with Crippen molar-refractivity contribution >= 4 is 29.0 Å². The topological polar surface area (TPSA) is 63.0 Å². The fourth-order valence-corrected chi connectivity index (χ4v) is 5.53. The molecule has 6 rings (SSSR count). The third kappa shape index (κ3) is 2.91. The van der Waals surface area contributed by atoms with Crippen LogP contribution in [0.15, 0.2) is 36.7 Å². The summed E-state index contributed by atoms with van der Waals surface area (Å²) in [7, 11) is 0. The number of nitrogens with zero attached hydrogens (tertiary/aromatic N) is 5. The molecule has 3 saturated heterocycles. The zero-order valence-electron chi connectivity index (χ0n) is 17.0. The highest BCUT2D eigenvalue weighted by atomic mass is 35.5. The zero-order chi connectivity index (χ0) is 22.0. The number of piperidine rings is 1. The van der Waals surface area contributed by atoms with Crippen LogP contribution in [0.25, 0.3) is 5.65 Å². The minimum absolute atomic E-state index is 0.0867. The van der Waals surface area contributed by atoms with Gasteiger partial charge < -0.3 is 14.5 Å². The van der Waals surface area contributed by atoms with Crippen molar-refractivity contribution < 1.29 is 18.3 Å². The fraction of sp³-hybridized carbons (Fsp3) is 0.409. The molecule has 0 N–H and O–H groups in total. The quantitative estimate of drug-likeness (QED) is 0.584. The summed E-state index contributed by atoms with van der Waals surface area (Å²) in [5.41, 5.74) is 0.161. The van der Waals surface area contributed by atoms with Gasteiger partial charge in [0.25, 0.3) is 5.91 Å². The molecular weight excluding hydrogens is 440 g/mol. The van der Waals surface area contributed by atoms with Crippen molar-refractivity contribution in [1.29, 1.82) is 0 Å². The monoisotopic (exact) mass is 459 g/mol. The Hall–Kier alpha value is -2.78. The smallest absolute Gasteiger partial charge is 0.257 e. The summed E-state index contributed by atoms with van der Waals surface area (Å²) in [6.07, 6.45) is 3.41. The SMILES string of the molecule is O=C1N2C(CCC2c2cc(F)cc(F)c2)OC12CCN(c1ccc(Cl)c3ncnn13)CC2. The number of halogens is 3. The van der Waals surface area contributed by atoms with Gasteiger partial charge in [-0.15, -0.1) is 0 Å². The van der Waals surface area contributed by atoms with Crippen molar-refractivity contribution in [2.75, 3.05) is 18.0 Å². The van der Waals surface area contributed by atoms with Crippen LogP contribution in [-0.4, -0.2) is 50.3 Å². The molecule has 1 aromatic carbocycles. The van der Waals surface area contributed by atoms with E-state index in [4.69, 9.17) is 16.3 Å². The fourth-order valence-electron chi connectivity index (χ4n) is 5.34. The molecule has 3 aromatic rings. The van der Waals surface area contributed by atoms with Crippen molar-refractivity contribution in [3.8, 4) is 0 Å². The summed E-state index contributed by atoms with van der Waals surface area (Å²) >= 11 is 6.21. The number of hydrogen-bond donors (Lipinski definition) is 0. The van der Waals surface area contributed by atoms with Crippen molar-refractivity contribution in [2.24, 2.45) is 0 Å². The highest BCUT2D eigenvalue weighted by Crippen LogP contribution is 2.48. The maximum absolute atomic E-state index is 13.8. The molecule has 1 spiro atoms. The number of pyridine rings is 1. The van der Waals surface area contributed by atoms with E-state index in [1.165, 1.54) is 18.5 Å². The molecule has 0 saturated carbocycles. The van der Waals surface area contributed by atoms with Crippen molar-refractivity contribution in [3.05, 3.63) is 58.9 Å². The summed E-state index contributed by atoms with van der Waals surface area (Å²) in [5.74, 6) is -0.505. The van der Waals surface area contributed by atoms with E-state index in [0.29, 0.717) is 55.0 Å². The largest absolute Gasteiger partial charge is 0.356 e. The number of fused-ring (bicyclic) bond motifs is 2. The third-order valence-corrected chi connectivity index (χ3v) is 7.14. The lowest BCUT2D eigenvalue weighted by molar-refractivity contribution is -0.140. The Bertz CT molecular complexity index is 1210. The lowest BCUT2D eigenvalue weighted by atomic mass is 9.89. The summed E-state index contributed by atoms with van der Waals surface area (Å²) in [5, 5.41) is 4.80. The maximum atomic E-state index is 13.8. The Labute approximate surface area is 187 Å². The highest BCUT2D eigenvalue weighted by molar-refractivity contribution is 6.33. The molecule has 3 fully saturated rings. The molecule has 1 amide bonds. The second-order valence-electron chi connectivity index (χ2n) is 8.60. The van der Waals surface area contributed by atoms with Crippen LogP contribution in [0.3, 0.4) is 0 Å². The molecule has 10 heteroatoms. The van der Waals surface area contributed by atoms with Gasteiger partial charge in [-0.05, 0) is 42.7 Å². The first-order valence-electron chi connectivity index (χ1n) is 10.6. The predicted octanol–water partition coefficient (Wildman–Crippen LogP) is 3.72. The number of ether oxygens (including phenoxy) is 1. The lowest BCUT2D eigenvalue weighted by Crippen LogP contribution is -2.50. The van der Waals surface area contributed by atoms with Crippen LogP contribution >= 0.6 is 11.6 Å². The highest BCUT2D eigenvalue weighted by Gasteiger charge is 2.58. The molecule has 2 unspecified atom stereocenters. The number of anilines is 1. The first-order chi connectivity index (χ1) is 15.4. The lowest BCUT2D eigenvalue weighted by Gasteiger charge is -2.38. The van der Waals surface area contributed by atoms with Crippen LogP contribution < -0.4 is 4.90 Å². The molecule has 2 aromatic heterocycles. The molecular formula is C22H20ClF2N5O2. The van der Waals surface area contributed by atoms with Crippen molar-refractivity contribution in [1.82, 2.24) is 19.5 Å². The molecule has 0 radical (unpaired) electrons. The molecule has 0 aliphatic carbocycles. The second-order valence-corrected chi connectivity index (χ2v) is 9.00. The second kappa shape index (κ2) is 7.11. The summed E-state index contributed by atoms with van der Waals surface area (Å²) in [6.45, 7) is 1.20. The van der Waals surface area contributed by atoms with Gasteiger partial charge in [0, 0.05) is 32.0 Å². The van der Waals surface area contributed by atoms with E-state index >= 15 is 0 Å². The Morgan fingerprint density at radius 1 is 1.09 bits per heavy atom. The van der Waals surface area contributed by atoms with Crippen molar-refractivity contribution in [2.45, 2.75) is 43.6 Å². The molecule has 3 aliphatic heterocycles. The van der Waals surface area contributed by atoms with Crippen LogP contribution in [0.2, 0.25) is 5.02 Å². The molecule has 166 valence electrons. The Balaban J connectivity index is 1.24. The first-order valence-corrected chi connectivity index (χ1v) is 11.0. The zero-order valence-corrected chi connectivity index (χ0v) is 17.8. The van der Waals surface area contributed by atoms with Crippen molar-refractivity contribution in [3.63, 3.8) is 0 Å². The van der Waals surface area contributed by atoms with Crippen LogP contribution in [0.5, 0.6) is 0 Å². The summed E-state index contributed by atoms with van der Waals surface area (Å²) in [4.78, 5) is 21.6. The van der Waals surface area contributed by atoms with E-state index in [2.05, 4.69) is 15.0 Å². The molecule has 32 heavy (non-hydrogen) atoms. The number of benzene rings is 1. The van der Waals surface area contributed by atoms with Gasteiger partial charge in [0.15, 0.2) is 11.2 Å². The number of carbonyl (C=O) groups excluding carboxylic acids is 1. The Kier molecular flexibility index (Phi) is 4.42. The van der Waals surface area contributed by atoms with Gasteiger partial charge in [-0.2, -0.15) is 9.61 Å². The number of rotatable bonds is 2. The van der Waals surface area contributed by atoms with Crippen LogP contribution in [0.1, 0.15) is 37.3 Å². The summed E-state index contributed by atoms with van der Waals surface area (Å²) in [6, 6.07) is 6.77. The number of hydrogen-bond acceptors (Lipinski definition) is 5. The molecule has 0 bridgehead atoms. The van der Waals surface area contributed by atoms with Gasteiger partial charge in [-0.1, -0.05) is 11.6 Å². The third-order valence-electron chi connectivity index (χ3n) is 6.84. The van der Waals surface area contributed by atoms with Crippen LogP contribution in [-0.2, 0) is 9.53 Å². The average molecular weight is 460 g/mol. The summed E-state index contributed by atoms with van der Waals surface area (Å²) < 4.78 is 35.6. The number of amides is 1. The normalized spacial score (nSPS) is 24.7. The van der Waals surface area contributed by atoms with Crippen LogP contribution in [0, 0.1) is 11.6 Å². The van der Waals surface area contributed by atoms with E-state index in [9.17, 15) is 13.6 Å². The average Bonchev–Trinajstić information content (AvgIpc) is 3.46.